The van der Waals surface area contributed by atoms with Gasteiger partial charge < -0.3 is 0 Å². The molecule has 0 bridgehead atoms. The zero-order valence-corrected chi connectivity index (χ0v) is 10.8. The van der Waals surface area contributed by atoms with Crippen LogP contribution in [0.1, 0.15) is 55.4 Å². The average Bonchev–Trinajstić information content (AvgIpc) is 1.78. The van der Waals surface area contributed by atoms with E-state index in [1.807, 2.05) is 0 Å². The Morgan fingerprint density at radius 3 is 1.71 bits per heavy atom. The summed E-state index contributed by atoms with van der Waals surface area (Å²) in [7, 11) is -0.860. The van der Waals surface area contributed by atoms with E-state index in [0.717, 1.165) is 0 Å². The number of hydrogen-bond acceptors (Lipinski definition) is 0. The van der Waals surface area contributed by atoms with Crippen LogP contribution in [0.3, 0.4) is 0 Å². The average molecular weight is 219 g/mol. The third-order valence-electron chi connectivity index (χ3n) is 2.22. The van der Waals surface area contributed by atoms with Gasteiger partial charge in [0, 0.05) is 8.07 Å². The Morgan fingerprint density at radius 2 is 1.43 bits per heavy atom. The molecule has 0 aromatic carbocycles. The van der Waals surface area contributed by atoms with Gasteiger partial charge >= 0.3 is 0 Å². The molecule has 0 saturated carbocycles. The van der Waals surface area contributed by atoms with Gasteiger partial charge in [-0.2, -0.15) is 0 Å². The molecule has 0 amide bonds. The Kier molecular flexibility index (Phi) is 10.6. The fourth-order valence-electron chi connectivity index (χ4n) is 2.18. The monoisotopic (exact) mass is 218 g/mol. The Bertz CT molecular complexity index is 120. The second-order valence-corrected chi connectivity index (χ2v) is 11.2. The molecule has 0 radical (unpaired) electrons. The molecule has 0 fully saturated rings. The molecule has 90 valence electrons. The molecule has 0 aromatic rings. The van der Waals surface area contributed by atoms with E-state index in [-0.39, 0.29) is 14.9 Å². The molecule has 0 aliphatic heterocycles. The van der Waals surface area contributed by atoms with E-state index in [0.29, 0.717) is 5.41 Å². The Hall–Kier alpha value is 0.217. The molecule has 0 spiro atoms. The number of hydrogen-bond donors (Lipinski definition) is 0. The van der Waals surface area contributed by atoms with Crippen molar-refractivity contribution in [3.05, 3.63) is 0 Å². The van der Waals surface area contributed by atoms with Gasteiger partial charge in [-0.15, -0.1) is 0 Å². The standard InChI is InChI=1S/C11H26Si.2CH4/c1-7-8-9-12(5,6)10-11(2,3)4;;/h7-10H2,1-6H3;2*1H4. The highest BCUT2D eigenvalue weighted by Crippen LogP contribution is 2.30. The van der Waals surface area contributed by atoms with Crippen molar-refractivity contribution >= 4 is 8.07 Å². The summed E-state index contributed by atoms with van der Waals surface area (Å²) in [5, 5.41) is 0. The van der Waals surface area contributed by atoms with Crippen molar-refractivity contribution in [2.75, 3.05) is 0 Å². The van der Waals surface area contributed by atoms with Crippen LogP contribution in [-0.4, -0.2) is 8.07 Å². The van der Waals surface area contributed by atoms with Gasteiger partial charge in [0.1, 0.15) is 0 Å². The maximum atomic E-state index is 2.54. The van der Waals surface area contributed by atoms with E-state index in [4.69, 9.17) is 0 Å². The van der Waals surface area contributed by atoms with Gasteiger partial charge in [-0.1, -0.05) is 80.6 Å². The van der Waals surface area contributed by atoms with E-state index < -0.39 is 8.07 Å². The molecule has 0 N–H and O–H groups in total. The van der Waals surface area contributed by atoms with Crippen molar-refractivity contribution in [2.24, 2.45) is 5.41 Å². The van der Waals surface area contributed by atoms with E-state index >= 15 is 0 Å². The lowest BCUT2D eigenvalue weighted by molar-refractivity contribution is 0.459. The van der Waals surface area contributed by atoms with Crippen molar-refractivity contribution in [2.45, 2.75) is 80.6 Å². The minimum absolute atomic E-state index is 0. The minimum Gasteiger partial charge on any atom is -0.0776 e. The third-order valence-corrected chi connectivity index (χ3v) is 5.94. The van der Waals surface area contributed by atoms with Crippen LogP contribution in [0, 0.1) is 5.41 Å². The largest absolute Gasteiger partial charge is 0.0776 e. The highest BCUT2D eigenvalue weighted by atomic mass is 28.3. The smallest absolute Gasteiger partial charge is 0.0478 e. The second-order valence-electron chi connectivity index (χ2n) is 6.01. The lowest BCUT2D eigenvalue weighted by Crippen LogP contribution is -2.30. The van der Waals surface area contributed by atoms with Gasteiger partial charge in [-0.05, 0) is 5.41 Å². The molecule has 0 aliphatic rings. The van der Waals surface area contributed by atoms with Crippen LogP contribution in [0.2, 0.25) is 25.2 Å². The third kappa shape index (κ3) is 12.2. The number of rotatable bonds is 4. The fourth-order valence-corrected chi connectivity index (χ4v) is 6.54. The maximum absolute atomic E-state index is 2.54. The van der Waals surface area contributed by atoms with Gasteiger partial charge in [0.2, 0.25) is 0 Å². The van der Waals surface area contributed by atoms with E-state index in [1.54, 1.807) is 0 Å². The van der Waals surface area contributed by atoms with Gasteiger partial charge in [0.15, 0.2) is 0 Å². The molecule has 0 unspecified atom stereocenters. The van der Waals surface area contributed by atoms with Crippen LogP contribution >= 0.6 is 0 Å². The van der Waals surface area contributed by atoms with E-state index in [1.165, 1.54) is 24.9 Å². The summed E-state index contributed by atoms with van der Waals surface area (Å²) < 4.78 is 0. The lowest BCUT2D eigenvalue weighted by Gasteiger charge is -2.30. The first-order valence-corrected chi connectivity index (χ1v) is 8.68. The first-order valence-electron chi connectivity index (χ1n) is 5.27. The predicted octanol–water partition coefficient (Wildman–Crippen LogP) is 5.81. The number of unbranched alkanes of at least 4 members (excludes halogenated alkanes) is 1. The highest BCUT2D eigenvalue weighted by molar-refractivity contribution is 6.77. The first kappa shape index (κ1) is 19.7. The molecular formula is C13H34Si. The lowest BCUT2D eigenvalue weighted by atomic mass is 10.0. The van der Waals surface area contributed by atoms with Gasteiger partial charge in [0.25, 0.3) is 0 Å². The van der Waals surface area contributed by atoms with Crippen molar-refractivity contribution < 1.29 is 0 Å². The van der Waals surface area contributed by atoms with Crippen molar-refractivity contribution in [3.63, 3.8) is 0 Å². The normalized spacial score (nSPS) is 11.6. The molecule has 0 saturated heterocycles. The summed E-state index contributed by atoms with van der Waals surface area (Å²) in [6, 6.07) is 2.99. The van der Waals surface area contributed by atoms with Gasteiger partial charge in [-0.25, -0.2) is 0 Å². The Balaban J connectivity index is -0.000000605. The van der Waals surface area contributed by atoms with Crippen LogP contribution in [0.4, 0.5) is 0 Å². The SMILES string of the molecule is C.C.CCCC[Si](C)(C)CC(C)(C)C. The molecule has 0 rings (SSSR count). The van der Waals surface area contributed by atoms with Gasteiger partial charge in [-0.3, -0.25) is 0 Å². The van der Waals surface area contributed by atoms with E-state index in [2.05, 4.69) is 40.8 Å². The zero-order chi connectivity index (χ0) is 9.83. The molecule has 0 aromatic heterocycles. The first-order chi connectivity index (χ1) is 5.27. The van der Waals surface area contributed by atoms with Crippen LogP contribution in [0.15, 0.2) is 0 Å². The zero-order valence-electron chi connectivity index (χ0n) is 9.83. The van der Waals surface area contributed by atoms with E-state index in [9.17, 15) is 0 Å². The van der Waals surface area contributed by atoms with Crippen molar-refractivity contribution in [3.8, 4) is 0 Å². The molecule has 0 aliphatic carbocycles. The van der Waals surface area contributed by atoms with Crippen LogP contribution in [-0.2, 0) is 0 Å². The molecule has 0 heterocycles. The Morgan fingerprint density at radius 1 is 1.00 bits per heavy atom. The van der Waals surface area contributed by atoms with Crippen molar-refractivity contribution in [1.82, 2.24) is 0 Å². The molecular weight excluding hydrogens is 184 g/mol. The Labute approximate surface area is 94.5 Å². The fraction of sp³-hybridized carbons (Fsp3) is 1.00. The van der Waals surface area contributed by atoms with Crippen molar-refractivity contribution in [1.29, 1.82) is 0 Å². The summed E-state index contributed by atoms with van der Waals surface area (Å²) in [6.07, 6.45) is 2.80. The topological polar surface area (TPSA) is 0 Å². The molecule has 14 heavy (non-hydrogen) atoms. The summed E-state index contributed by atoms with van der Waals surface area (Å²) in [6.45, 7) is 14.5. The predicted molar refractivity (Wildman–Crippen MR) is 74.9 cm³/mol. The summed E-state index contributed by atoms with van der Waals surface area (Å²) in [4.78, 5) is 0. The quantitative estimate of drug-likeness (QED) is 0.522. The van der Waals surface area contributed by atoms with Crippen LogP contribution < -0.4 is 0 Å². The minimum atomic E-state index is -0.860. The molecule has 1 heteroatoms. The summed E-state index contributed by atoms with van der Waals surface area (Å²) in [5.41, 5.74) is 0.545. The molecule has 0 nitrogen and oxygen atoms in total. The highest BCUT2D eigenvalue weighted by Gasteiger charge is 2.26. The summed E-state index contributed by atoms with van der Waals surface area (Å²) in [5.74, 6) is 0. The van der Waals surface area contributed by atoms with Crippen LogP contribution in [0.25, 0.3) is 0 Å². The second kappa shape index (κ2) is 7.50. The summed E-state index contributed by atoms with van der Waals surface area (Å²) >= 11 is 0. The maximum Gasteiger partial charge on any atom is 0.0478 e. The van der Waals surface area contributed by atoms with Gasteiger partial charge in [0.05, 0.1) is 0 Å². The van der Waals surface area contributed by atoms with Crippen LogP contribution in [0.5, 0.6) is 0 Å². The molecule has 0 atom stereocenters.